The van der Waals surface area contributed by atoms with Crippen LogP contribution in [0, 0.1) is 20.8 Å². The lowest BCUT2D eigenvalue weighted by molar-refractivity contribution is 0.422. The third kappa shape index (κ3) is 3.64. The first-order valence-corrected chi connectivity index (χ1v) is 9.34. The zero-order chi connectivity index (χ0) is 17.2. The SMILES string of the molecule is CCN(Cc1cn(CC)nc1C)S(=O)(=O)c1ccc(C)c(C)c1. The van der Waals surface area contributed by atoms with Gasteiger partial charge in [-0.1, -0.05) is 13.0 Å². The highest BCUT2D eigenvalue weighted by atomic mass is 32.2. The summed E-state index contributed by atoms with van der Waals surface area (Å²) in [5, 5.41) is 4.39. The molecule has 0 amide bonds. The molecule has 0 atom stereocenters. The van der Waals surface area contributed by atoms with Crippen LogP contribution in [0.3, 0.4) is 0 Å². The maximum absolute atomic E-state index is 12.9. The summed E-state index contributed by atoms with van der Waals surface area (Å²) in [6.45, 7) is 11.2. The van der Waals surface area contributed by atoms with Gasteiger partial charge < -0.3 is 0 Å². The van der Waals surface area contributed by atoms with Crippen LogP contribution in [0.15, 0.2) is 29.3 Å². The number of aryl methyl sites for hydroxylation is 4. The summed E-state index contributed by atoms with van der Waals surface area (Å²) in [4.78, 5) is 0.350. The molecular weight excluding hydrogens is 310 g/mol. The van der Waals surface area contributed by atoms with Gasteiger partial charge in [0.2, 0.25) is 10.0 Å². The minimum atomic E-state index is -3.51. The second-order valence-electron chi connectivity index (χ2n) is 5.77. The number of sulfonamides is 1. The minimum Gasteiger partial charge on any atom is -0.272 e. The smallest absolute Gasteiger partial charge is 0.243 e. The Labute approximate surface area is 139 Å². The summed E-state index contributed by atoms with van der Waals surface area (Å²) in [6.07, 6.45) is 1.92. The van der Waals surface area contributed by atoms with Crippen LogP contribution in [0.4, 0.5) is 0 Å². The van der Waals surface area contributed by atoms with Gasteiger partial charge in [0.25, 0.3) is 0 Å². The van der Waals surface area contributed by atoms with Gasteiger partial charge in [-0.25, -0.2) is 8.42 Å². The van der Waals surface area contributed by atoms with E-state index >= 15 is 0 Å². The predicted octanol–water partition coefficient (Wildman–Crippen LogP) is 3.04. The fraction of sp³-hybridized carbons (Fsp3) is 0.471. The van der Waals surface area contributed by atoms with E-state index in [9.17, 15) is 8.42 Å². The van der Waals surface area contributed by atoms with Gasteiger partial charge in [0.1, 0.15) is 0 Å². The van der Waals surface area contributed by atoms with Crippen LogP contribution in [0.2, 0.25) is 0 Å². The number of nitrogens with zero attached hydrogens (tertiary/aromatic N) is 3. The first-order chi connectivity index (χ1) is 10.8. The van der Waals surface area contributed by atoms with Gasteiger partial charge in [0, 0.05) is 31.4 Å². The molecule has 0 aliphatic carbocycles. The van der Waals surface area contributed by atoms with Crippen molar-refractivity contribution in [2.45, 2.75) is 52.6 Å². The Kier molecular flexibility index (Phi) is 5.26. The molecular formula is C17H25N3O2S. The molecule has 0 saturated heterocycles. The molecule has 1 heterocycles. The van der Waals surface area contributed by atoms with E-state index in [2.05, 4.69) is 5.10 Å². The Morgan fingerprint density at radius 2 is 1.83 bits per heavy atom. The zero-order valence-corrected chi connectivity index (χ0v) is 15.3. The van der Waals surface area contributed by atoms with E-state index in [1.807, 2.05) is 51.6 Å². The molecule has 0 bridgehead atoms. The Balaban J connectivity index is 2.34. The van der Waals surface area contributed by atoms with Gasteiger partial charge in [0.15, 0.2) is 0 Å². The van der Waals surface area contributed by atoms with Crippen molar-refractivity contribution in [2.75, 3.05) is 6.54 Å². The standard InChI is InChI=1S/C17H25N3O2S/c1-6-19-11-16(15(5)18-19)12-20(7-2)23(21,22)17-9-8-13(3)14(4)10-17/h8-11H,6-7,12H2,1-5H3. The summed E-state index contributed by atoms with van der Waals surface area (Å²) >= 11 is 0. The third-order valence-corrected chi connectivity index (χ3v) is 6.10. The van der Waals surface area contributed by atoms with E-state index in [0.29, 0.717) is 18.0 Å². The van der Waals surface area contributed by atoms with E-state index < -0.39 is 10.0 Å². The monoisotopic (exact) mass is 335 g/mol. The van der Waals surface area contributed by atoms with E-state index in [1.165, 1.54) is 4.31 Å². The van der Waals surface area contributed by atoms with Crippen molar-refractivity contribution < 1.29 is 8.42 Å². The van der Waals surface area contributed by atoms with Crippen LogP contribution < -0.4 is 0 Å². The van der Waals surface area contributed by atoms with Crippen LogP contribution in [-0.2, 0) is 23.1 Å². The summed E-state index contributed by atoms with van der Waals surface area (Å²) in [5.41, 5.74) is 3.89. The predicted molar refractivity (Wildman–Crippen MR) is 91.8 cm³/mol. The lowest BCUT2D eigenvalue weighted by Gasteiger charge is -2.20. The number of aromatic nitrogens is 2. The largest absolute Gasteiger partial charge is 0.272 e. The molecule has 2 rings (SSSR count). The molecule has 1 aromatic heterocycles. The van der Waals surface area contributed by atoms with Crippen molar-refractivity contribution in [3.05, 3.63) is 46.8 Å². The van der Waals surface area contributed by atoms with Crippen LogP contribution in [0.1, 0.15) is 36.2 Å². The fourth-order valence-electron chi connectivity index (χ4n) is 2.46. The average Bonchev–Trinajstić information content (AvgIpc) is 2.87. The van der Waals surface area contributed by atoms with Gasteiger partial charge >= 0.3 is 0 Å². The molecule has 0 radical (unpaired) electrons. The van der Waals surface area contributed by atoms with E-state index in [0.717, 1.165) is 28.9 Å². The van der Waals surface area contributed by atoms with Crippen LogP contribution >= 0.6 is 0 Å². The molecule has 0 saturated carbocycles. The Morgan fingerprint density at radius 1 is 1.13 bits per heavy atom. The van der Waals surface area contributed by atoms with Gasteiger partial charge in [0.05, 0.1) is 10.6 Å². The molecule has 1 aromatic carbocycles. The highest BCUT2D eigenvalue weighted by Gasteiger charge is 2.24. The van der Waals surface area contributed by atoms with Crippen molar-refractivity contribution in [2.24, 2.45) is 0 Å². The third-order valence-electron chi connectivity index (χ3n) is 4.19. The van der Waals surface area contributed by atoms with Crippen molar-refractivity contribution in [1.29, 1.82) is 0 Å². The molecule has 0 N–H and O–H groups in total. The molecule has 0 aliphatic rings. The normalized spacial score (nSPS) is 12.1. The quantitative estimate of drug-likeness (QED) is 0.815. The molecule has 0 fully saturated rings. The van der Waals surface area contributed by atoms with Gasteiger partial charge in [-0.2, -0.15) is 9.40 Å². The summed E-state index contributed by atoms with van der Waals surface area (Å²) < 4.78 is 29.2. The lowest BCUT2D eigenvalue weighted by atomic mass is 10.1. The Morgan fingerprint density at radius 3 is 2.35 bits per heavy atom. The van der Waals surface area contributed by atoms with Gasteiger partial charge in [-0.15, -0.1) is 0 Å². The van der Waals surface area contributed by atoms with E-state index in [4.69, 9.17) is 0 Å². The van der Waals surface area contributed by atoms with Crippen LogP contribution in [-0.4, -0.2) is 29.0 Å². The molecule has 0 spiro atoms. The van der Waals surface area contributed by atoms with E-state index in [-0.39, 0.29) is 0 Å². The van der Waals surface area contributed by atoms with Crippen molar-refractivity contribution in [1.82, 2.24) is 14.1 Å². The highest BCUT2D eigenvalue weighted by Crippen LogP contribution is 2.21. The maximum atomic E-state index is 12.9. The average molecular weight is 335 g/mol. The molecule has 0 aliphatic heterocycles. The zero-order valence-electron chi connectivity index (χ0n) is 14.5. The highest BCUT2D eigenvalue weighted by molar-refractivity contribution is 7.89. The Bertz CT molecular complexity index is 794. The summed E-state index contributed by atoms with van der Waals surface area (Å²) in [6, 6.07) is 5.29. The molecule has 2 aromatic rings. The first kappa shape index (κ1) is 17.7. The van der Waals surface area contributed by atoms with Crippen molar-refractivity contribution in [3.8, 4) is 0 Å². The van der Waals surface area contributed by atoms with Gasteiger partial charge in [-0.05, 0) is 51.0 Å². The summed E-state index contributed by atoms with van der Waals surface area (Å²) in [5.74, 6) is 0. The minimum absolute atomic E-state index is 0.345. The number of benzene rings is 1. The van der Waals surface area contributed by atoms with Gasteiger partial charge in [-0.3, -0.25) is 4.68 Å². The molecule has 6 heteroatoms. The first-order valence-electron chi connectivity index (χ1n) is 7.89. The second-order valence-corrected chi connectivity index (χ2v) is 7.71. The summed E-state index contributed by atoms with van der Waals surface area (Å²) in [7, 11) is -3.51. The molecule has 5 nitrogen and oxygen atoms in total. The van der Waals surface area contributed by atoms with E-state index in [1.54, 1.807) is 12.1 Å². The van der Waals surface area contributed by atoms with Crippen LogP contribution in [0.25, 0.3) is 0 Å². The molecule has 0 unspecified atom stereocenters. The lowest BCUT2D eigenvalue weighted by Crippen LogP contribution is -2.30. The molecule has 23 heavy (non-hydrogen) atoms. The number of hydrogen-bond donors (Lipinski definition) is 0. The molecule has 126 valence electrons. The van der Waals surface area contributed by atoms with Crippen molar-refractivity contribution >= 4 is 10.0 Å². The number of hydrogen-bond acceptors (Lipinski definition) is 3. The topological polar surface area (TPSA) is 55.2 Å². The fourth-order valence-corrected chi connectivity index (χ4v) is 3.97. The Hall–Kier alpha value is -1.66. The second kappa shape index (κ2) is 6.84. The van der Waals surface area contributed by atoms with Crippen molar-refractivity contribution in [3.63, 3.8) is 0 Å². The van der Waals surface area contributed by atoms with Crippen LogP contribution in [0.5, 0.6) is 0 Å². The number of rotatable bonds is 6. The maximum Gasteiger partial charge on any atom is 0.243 e.